The predicted molar refractivity (Wildman–Crippen MR) is 69.3 cm³/mol. The quantitative estimate of drug-likeness (QED) is 0.665. The largest absolute Gasteiger partial charge is 0.329 e. The third-order valence-electron chi connectivity index (χ3n) is 4.47. The lowest BCUT2D eigenvalue weighted by Crippen LogP contribution is -2.50. The molecule has 2 nitrogen and oxygen atoms in total. The summed E-state index contributed by atoms with van der Waals surface area (Å²) in [5.41, 5.74) is 6.08. The second kappa shape index (κ2) is 5.05. The van der Waals surface area contributed by atoms with Crippen molar-refractivity contribution >= 4 is 0 Å². The van der Waals surface area contributed by atoms with Crippen LogP contribution in [-0.4, -0.2) is 18.6 Å². The molecule has 0 aromatic rings. The minimum Gasteiger partial charge on any atom is -0.329 e. The summed E-state index contributed by atoms with van der Waals surface area (Å²) in [6.07, 6.45) is 8.35. The van der Waals surface area contributed by atoms with E-state index >= 15 is 0 Å². The Morgan fingerprint density at radius 1 is 1.25 bits per heavy atom. The molecule has 2 aliphatic rings. The Morgan fingerprint density at radius 3 is 2.19 bits per heavy atom. The van der Waals surface area contributed by atoms with Crippen LogP contribution in [0.3, 0.4) is 0 Å². The van der Waals surface area contributed by atoms with Gasteiger partial charge in [-0.05, 0) is 63.3 Å². The molecule has 0 heterocycles. The molecule has 94 valence electrons. The van der Waals surface area contributed by atoms with Gasteiger partial charge in [0.1, 0.15) is 0 Å². The maximum Gasteiger partial charge on any atom is 0.0275 e. The van der Waals surface area contributed by atoms with Gasteiger partial charge >= 0.3 is 0 Å². The van der Waals surface area contributed by atoms with Gasteiger partial charge in [-0.3, -0.25) is 0 Å². The summed E-state index contributed by atoms with van der Waals surface area (Å²) in [7, 11) is 0. The molecule has 0 spiro atoms. The lowest BCUT2D eigenvalue weighted by molar-refractivity contribution is 0.281. The SMILES string of the molecule is CCCC(C)(CN)NCC(C1CC1)C1CC1. The minimum atomic E-state index is 0.177. The standard InChI is InChI=1S/C14H28N2/c1-3-8-14(2,10-15)16-9-13(11-4-5-11)12-6-7-12/h11-13,16H,3-10,15H2,1-2H3. The Hall–Kier alpha value is -0.0800. The first-order chi connectivity index (χ1) is 7.68. The molecule has 0 aliphatic heterocycles. The fourth-order valence-electron chi connectivity index (χ4n) is 2.95. The Labute approximate surface area is 100 Å². The van der Waals surface area contributed by atoms with Crippen LogP contribution in [0.25, 0.3) is 0 Å². The van der Waals surface area contributed by atoms with Crippen LogP contribution in [0.4, 0.5) is 0 Å². The maximum absolute atomic E-state index is 5.90. The van der Waals surface area contributed by atoms with E-state index in [1.54, 1.807) is 0 Å². The van der Waals surface area contributed by atoms with Gasteiger partial charge in [0.25, 0.3) is 0 Å². The van der Waals surface area contributed by atoms with Crippen LogP contribution in [0, 0.1) is 17.8 Å². The van der Waals surface area contributed by atoms with Gasteiger partial charge in [0.2, 0.25) is 0 Å². The molecule has 0 saturated heterocycles. The van der Waals surface area contributed by atoms with Crippen LogP contribution >= 0.6 is 0 Å². The van der Waals surface area contributed by atoms with Crippen molar-refractivity contribution in [3.63, 3.8) is 0 Å². The van der Waals surface area contributed by atoms with E-state index in [4.69, 9.17) is 5.73 Å². The molecule has 2 saturated carbocycles. The van der Waals surface area contributed by atoms with Crippen molar-refractivity contribution < 1.29 is 0 Å². The molecule has 0 aromatic carbocycles. The monoisotopic (exact) mass is 224 g/mol. The molecule has 2 rings (SSSR count). The van der Waals surface area contributed by atoms with E-state index in [0.29, 0.717) is 0 Å². The van der Waals surface area contributed by atoms with Gasteiger partial charge in [-0.15, -0.1) is 0 Å². The van der Waals surface area contributed by atoms with E-state index < -0.39 is 0 Å². The summed E-state index contributed by atoms with van der Waals surface area (Å²) in [4.78, 5) is 0. The topological polar surface area (TPSA) is 38.0 Å². The first-order valence-electron chi connectivity index (χ1n) is 7.13. The molecule has 2 fully saturated rings. The smallest absolute Gasteiger partial charge is 0.0275 e. The zero-order chi connectivity index (χ0) is 11.6. The third-order valence-corrected chi connectivity index (χ3v) is 4.47. The van der Waals surface area contributed by atoms with Gasteiger partial charge in [-0.25, -0.2) is 0 Å². The molecule has 3 N–H and O–H groups in total. The summed E-state index contributed by atoms with van der Waals surface area (Å²) in [6.45, 7) is 6.51. The number of hydrogen-bond donors (Lipinski definition) is 2. The average molecular weight is 224 g/mol. The van der Waals surface area contributed by atoms with Crippen molar-refractivity contribution in [2.75, 3.05) is 13.1 Å². The lowest BCUT2D eigenvalue weighted by Gasteiger charge is -2.31. The van der Waals surface area contributed by atoms with Crippen LogP contribution in [-0.2, 0) is 0 Å². The van der Waals surface area contributed by atoms with Gasteiger partial charge in [-0.2, -0.15) is 0 Å². The molecule has 0 aromatic heterocycles. The second-order valence-corrected chi connectivity index (χ2v) is 6.23. The number of hydrogen-bond acceptors (Lipinski definition) is 2. The van der Waals surface area contributed by atoms with Crippen molar-refractivity contribution in [3.8, 4) is 0 Å². The second-order valence-electron chi connectivity index (χ2n) is 6.23. The fraction of sp³-hybridized carbons (Fsp3) is 1.00. The normalized spacial score (nSPS) is 24.8. The molecular formula is C14H28N2. The highest BCUT2D eigenvalue weighted by atomic mass is 15.0. The molecule has 0 amide bonds. The van der Waals surface area contributed by atoms with E-state index in [1.807, 2.05) is 0 Å². The fourth-order valence-corrected chi connectivity index (χ4v) is 2.95. The predicted octanol–water partition coefficient (Wildman–Crippen LogP) is 2.53. The Balaban J connectivity index is 1.78. The molecule has 0 radical (unpaired) electrons. The molecule has 16 heavy (non-hydrogen) atoms. The minimum absolute atomic E-state index is 0.177. The first-order valence-corrected chi connectivity index (χ1v) is 7.13. The van der Waals surface area contributed by atoms with Crippen LogP contribution in [0.2, 0.25) is 0 Å². The van der Waals surface area contributed by atoms with Crippen molar-refractivity contribution in [3.05, 3.63) is 0 Å². The van der Waals surface area contributed by atoms with E-state index in [0.717, 1.165) is 24.3 Å². The van der Waals surface area contributed by atoms with Crippen LogP contribution in [0.1, 0.15) is 52.4 Å². The molecule has 0 bridgehead atoms. The zero-order valence-corrected chi connectivity index (χ0v) is 11.0. The summed E-state index contributed by atoms with van der Waals surface area (Å²) in [5.74, 6) is 3.05. The van der Waals surface area contributed by atoms with E-state index in [9.17, 15) is 0 Å². The molecule has 2 aliphatic carbocycles. The summed E-state index contributed by atoms with van der Waals surface area (Å²) in [5, 5.41) is 3.76. The van der Waals surface area contributed by atoms with Crippen molar-refractivity contribution in [1.82, 2.24) is 5.32 Å². The molecule has 1 atom stereocenters. The highest BCUT2D eigenvalue weighted by Crippen LogP contribution is 2.48. The number of nitrogens with two attached hydrogens (primary N) is 1. The molecule has 1 unspecified atom stereocenters. The maximum atomic E-state index is 5.90. The molecule has 2 heteroatoms. The Kier molecular flexibility index (Phi) is 3.91. The first kappa shape index (κ1) is 12.4. The lowest BCUT2D eigenvalue weighted by atomic mass is 9.92. The van der Waals surface area contributed by atoms with E-state index in [-0.39, 0.29) is 5.54 Å². The number of nitrogens with one attached hydrogen (secondary N) is 1. The van der Waals surface area contributed by atoms with Crippen molar-refractivity contribution in [2.45, 2.75) is 57.9 Å². The van der Waals surface area contributed by atoms with E-state index in [2.05, 4.69) is 19.2 Å². The van der Waals surface area contributed by atoms with E-state index in [1.165, 1.54) is 45.1 Å². The van der Waals surface area contributed by atoms with Crippen LogP contribution in [0.15, 0.2) is 0 Å². The van der Waals surface area contributed by atoms with Gasteiger partial charge in [0.05, 0.1) is 0 Å². The van der Waals surface area contributed by atoms with Crippen LogP contribution < -0.4 is 11.1 Å². The van der Waals surface area contributed by atoms with Crippen molar-refractivity contribution in [2.24, 2.45) is 23.5 Å². The Morgan fingerprint density at radius 2 is 1.81 bits per heavy atom. The van der Waals surface area contributed by atoms with Crippen molar-refractivity contribution in [1.29, 1.82) is 0 Å². The van der Waals surface area contributed by atoms with Gasteiger partial charge in [-0.1, -0.05) is 13.3 Å². The Bertz CT molecular complexity index is 209. The third kappa shape index (κ3) is 3.21. The van der Waals surface area contributed by atoms with Gasteiger partial charge in [0, 0.05) is 12.1 Å². The highest BCUT2D eigenvalue weighted by molar-refractivity contribution is 4.94. The van der Waals surface area contributed by atoms with Crippen LogP contribution in [0.5, 0.6) is 0 Å². The number of rotatable bonds is 8. The molecular weight excluding hydrogens is 196 g/mol. The summed E-state index contributed by atoms with van der Waals surface area (Å²) >= 11 is 0. The zero-order valence-electron chi connectivity index (χ0n) is 11.0. The average Bonchev–Trinajstić information content (AvgIpc) is 3.12. The van der Waals surface area contributed by atoms with Gasteiger partial charge < -0.3 is 11.1 Å². The van der Waals surface area contributed by atoms with Gasteiger partial charge in [0.15, 0.2) is 0 Å². The summed E-state index contributed by atoms with van der Waals surface area (Å²) in [6, 6.07) is 0. The summed E-state index contributed by atoms with van der Waals surface area (Å²) < 4.78 is 0. The highest BCUT2D eigenvalue weighted by Gasteiger charge is 2.41.